The third kappa shape index (κ3) is 3.49. The second-order valence-electron chi connectivity index (χ2n) is 9.31. The summed E-state index contributed by atoms with van der Waals surface area (Å²) in [7, 11) is 1.54. The molecule has 1 aromatic rings. The fourth-order valence-corrected chi connectivity index (χ4v) is 6.19. The van der Waals surface area contributed by atoms with Gasteiger partial charge in [0.15, 0.2) is 0 Å². The number of likely N-dealkylation sites (tertiary alicyclic amines) is 1. The zero-order valence-electron chi connectivity index (χ0n) is 19.8. The molecule has 1 aromatic carbocycles. The minimum Gasteiger partial charge on any atom is -0.395 e. The first-order valence-electron chi connectivity index (χ1n) is 11.7. The number of nitrogens with zero attached hydrogens (tertiary/aromatic N) is 2. The lowest BCUT2D eigenvalue weighted by atomic mass is 9.66. The molecule has 3 aliphatic heterocycles. The average Bonchev–Trinajstić information content (AvgIpc) is 3.36. The van der Waals surface area contributed by atoms with Crippen LogP contribution >= 0.6 is 0 Å². The van der Waals surface area contributed by atoms with Gasteiger partial charge in [-0.15, -0.1) is 0 Å². The quantitative estimate of drug-likeness (QED) is 0.536. The Kier molecular flexibility index (Phi) is 6.13. The van der Waals surface area contributed by atoms with Crippen LogP contribution in [0.2, 0.25) is 0 Å². The van der Waals surface area contributed by atoms with Crippen molar-refractivity contribution in [3.63, 3.8) is 0 Å². The van der Waals surface area contributed by atoms with Crippen molar-refractivity contribution in [3.05, 3.63) is 24.3 Å². The van der Waals surface area contributed by atoms with Crippen LogP contribution in [0.15, 0.2) is 24.3 Å². The molecule has 2 unspecified atom stereocenters. The minimum absolute atomic E-state index is 0.0105. The van der Waals surface area contributed by atoms with Crippen LogP contribution in [-0.2, 0) is 19.1 Å². The van der Waals surface area contributed by atoms with E-state index in [4.69, 9.17) is 4.74 Å². The number of carbonyl (C=O) groups excluding carboxylic acids is 3. The summed E-state index contributed by atoms with van der Waals surface area (Å²) in [5.41, 5.74) is -0.193. The zero-order valence-corrected chi connectivity index (χ0v) is 19.8. The van der Waals surface area contributed by atoms with Crippen LogP contribution in [0.4, 0.5) is 11.4 Å². The first-order valence-corrected chi connectivity index (χ1v) is 11.7. The third-order valence-electron chi connectivity index (χ3n) is 7.66. The summed E-state index contributed by atoms with van der Waals surface area (Å²) in [6.45, 7) is 7.53. The molecule has 5 atom stereocenters. The molecule has 4 rings (SSSR count). The van der Waals surface area contributed by atoms with Gasteiger partial charge in [0, 0.05) is 38.1 Å². The van der Waals surface area contributed by atoms with Gasteiger partial charge in [-0.3, -0.25) is 14.4 Å². The second kappa shape index (κ2) is 8.61. The molecule has 33 heavy (non-hydrogen) atoms. The number of β-amino-alcohol motifs (C(OH)–C–C–N with tert-alkyl or cyclic N) is 1. The maximum absolute atomic E-state index is 13.6. The minimum atomic E-state index is -1.08. The fourth-order valence-electron chi connectivity index (χ4n) is 6.19. The summed E-state index contributed by atoms with van der Waals surface area (Å²) in [5, 5.41) is 15.2. The number of carbonyl (C=O) groups is 3. The highest BCUT2D eigenvalue weighted by Gasteiger charge is 2.77. The average molecular weight is 459 g/mol. The molecule has 2 bridgehead atoms. The van der Waals surface area contributed by atoms with Gasteiger partial charge in [0.1, 0.15) is 11.6 Å². The molecule has 3 amide bonds. The molecule has 3 N–H and O–H groups in total. The number of ether oxygens (including phenoxy) is 1. The Hall–Kier alpha value is -2.65. The topological polar surface area (TPSA) is 111 Å². The smallest absolute Gasteiger partial charge is 0.250 e. The van der Waals surface area contributed by atoms with Crippen LogP contribution in [0.25, 0.3) is 0 Å². The van der Waals surface area contributed by atoms with Gasteiger partial charge in [0.25, 0.3) is 0 Å². The van der Waals surface area contributed by atoms with E-state index < -0.39 is 29.1 Å². The van der Waals surface area contributed by atoms with Crippen LogP contribution in [0, 0.1) is 11.8 Å². The number of hydrogen-bond acceptors (Lipinski definition) is 6. The Morgan fingerprint density at radius 3 is 2.42 bits per heavy atom. The summed E-state index contributed by atoms with van der Waals surface area (Å²) in [6, 6.07) is 6.68. The predicted molar refractivity (Wildman–Crippen MR) is 124 cm³/mol. The lowest BCUT2D eigenvalue weighted by molar-refractivity contribution is -0.144. The number of amides is 3. The van der Waals surface area contributed by atoms with Crippen LogP contribution in [0.5, 0.6) is 0 Å². The van der Waals surface area contributed by atoms with E-state index in [1.165, 1.54) is 4.90 Å². The van der Waals surface area contributed by atoms with E-state index in [1.54, 1.807) is 7.05 Å². The van der Waals surface area contributed by atoms with E-state index in [9.17, 15) is 19.5 Å². The number of aliphatic hydroxyl groups is 1. The summed E-state index contributed by atoms with van der Waals surface area (Å²) >= 11 is 0. The number of aliphatic hydroxyl groups excluding tert-OH is 1. The number of fused-ring (bicyclic) bond motifs is 1. The first kappa shape index (κ1) is 23.5. The van der Waals surface area contributed by atoms with Crippen molar-refractivity contribution in [2.45, 2.75) is 50.9 Å². The molecule has 3 saturated heterocycles. The van der Waals surface area contributed by atoms with Gasteiger partial charge in [0.2, 0.25) is 17.7 Å². The van der Waals surface area contributed by atoms with Crippen LogP contribution in [0.3, 0.4) is 0 Å². The molecule has 3 fully saturated rings. The van der Waals surface area contributed by atoms with E-state index in [1.807, 2.05) is 31.2 Å². The molecule has 3 heterocycles. The van der Waals surface area contributed by atoms with Crippen molar-refractivity contribution >= 4 is 29.1 Å². The normalized spacial score (nSPS) is 32.1. The summed E-state index contributed by atoms with van der Waals surface area (Å²) in [5.74, 6) is -2.34. The van der Waals surface area contributed by atoms with E-state index in [2.05, 4.69) is 29.4 Å². The number of benzene rings is 1. The lowest BCUT2D eigenvalue weighted by Crippen LogP contribution is -2.53. The molecule has 0 saturated carbocycles. The van der Waals surface area contributed by atoms with Crippen molar-refractivity contribution in [1.82, 2.24) is 10.2 Å². The Balaban J connectivity index is 1.64. The zero-order chi connectivity index (χ0) is 24.0. The van der Waals surface area contributed by atoms with E-state index in [0.29, 0.717) is 18.5 Å². The molecule has 9 nitrogen and oxygen atoms in total. The molecular weight excluding hydrogens is 424 g/mol. The maximum Gasteiger partial charge on any atom is 0.250 e. The van der Waals surface area contributed by atoms with Gasteiger partial charge in [-0.1, -0.05) is 0 Å². The number of nitrogens with one attached hydrogen (secondary N) is 2. The third-order valence-corrected chi connectivity index (χ3v) is 7.66. The highest BCUT2D eigenvalue weighted by atomic mass is 16.5. The largest absolute Gasteiger partial charge is 0.395 e. The van der Waals surface area contributed by atoms with Crippen molar-refractivity contribution in [3.8, 4) is 0 Å². The molecular formula is C24H34N4O5. The SMILES string of the molecule is CCN(CC)c1ccc(NC(=O)C2N(CCO)C(=O)[C@@H]3[C@H](C(=O)NC)[C@]4(C)CCC23O4)cc1. The summed E-state index contributed by atoms with van der Waals surface area (Å²) < 4.78 is 6.43. The Morgan fingerprint density at radius 1 is 1.18 bits per heavy atom. The van der Waals surface area contributed by atoms with Crippen LogP contribution in [0.1, 0.15) is 33.6 Å². The molecule has 180 valence electrons. The highest BCUT2D eigenvalue weighted by molar-refractivity contribution is 6.03. The second-order valence-corrected chi connectivity index (χ2v) is 9.31. The van der Waals surface area contributed by atoms with E-state index in [-0.39, 0.29) is 30.9 Å². The van der Waals surface area contributed by atoms with E-state index in [0.717, 1.165) is 18.8 Å². The van der Waals surface area contributed by atoms with Crippen molar-refractivity contribution < 1.29 is 24.2 Å². The van der Waals surface area contributed by atoms with Crippen LogP contribution in [-0.4, -0.2) is 78.3 Å². The Labute approximate surface area is 194 Å². The van der Waals surface area contributed by atoms with Crippen molar-refractivity contribution in [2.75, 3.05) is 43.5 Å². The predicted octanol–water partition coefficient (Wildman–Crippen LogP) is 0.974. The monoisotopic (exact) mass is 458 g/mol. The van der Waals surface area contributed by atoms with Crippen molar-refractivity contribution in [2.24, 2.45) is 11.8 Å². The molecule has 3 aliphatic rings. The van der Waals surface area contributed by atoms with Gasteiger partial charge in [-0.25, -0.2) is 0 Å². The fraction of sp³-hybridized carbons (Fsp3) is 0.625. The number of anilines is 2. The van der Waals surface area contributed by atoms with E-state index >= 15 is 0 Å². The van der Waals surface area contributed by atoms with Crippen LogP contribution < -0.4 is 15.5 Å². The molecule has 0 radical (unpaired) electrons. The van der Waals surface area contributed by atoms with Gasteiger partial charge in [0.05, 0.1) is 24.0 Å². The van der Waals surface area contributed by atoms with Gasteiger partial charge >= 0.3 is 0 Å². The Bertz CT molecular complexity index is 933. The molecule has 1 spiro atoms. The standard InChI is InChI=1S/C24H34N4O5/c1-5-27(6-2)16-9-7-15(8-10-16)26-21(31)19-24-12-11-23(3,33-24)17(20(30)25-4)18(24)22(32)28(19)13-14-29/h7-10,17-19,29H,5-6,11-14H2,1-4H3,(H,25,30)(H,26,31)/t17-,18+,19?,23+,24?/m1/s1. The number of hydrogen-bond donors (Lipinski definition) is 3. The highest BCUT2D eigenvalue weighted by Crippen LogP contribution is 2.63. The lowest BCUT2D eigenvalue weighted by Gasteiger charge is -2.33. The molecule has 9 heteroatoms. The first-order chi connectivity index (χ1) is 15.8. The van der Waals surface area contributed by atoms with Crippen molar-refractivity contribution in [1.29, 1.82) is 0 Å². The van der Waals surface area contributed by atoms with Gasteiger partial charge < -0.3 is 30.3 Å². The maximum atomic E-state index is 13.6. The number of rotatable bonds is 8. The molecule has 0 aliphatic carbocycles. The van der Waals surface area contributed by atoms with Gasteiger partial charge in [-0.2, -0.15) is 0 Å². The summed E-state index contributed by atoms with van der Waals surface area (Å²) in [6.07, 6.45) is 1.10. The Morgan fingerprint density at radius 2 is 1.85 bits per heavy atom. The van der Waals surface area contributed by atoms with Gasteiger partial charge in [-0.05, 0) is 57.9 Å². The molecule has 0 aromatic heterocycles. The summed E-state index contributed by atoms with van der Waals surface area (Å²) in [4.78, 5) is 43.4.